The van der Waals surface area contributed by atoms with E-state index in [4.69, 9.17) is 4.98 Å². The van der Waals surface area contributed by atoms with Gasteiger partial charge in [-0.1, -0.05) is 43.2 Å². The van der Waals surface area contributed by atoms with Crippen molar-refractivity contribution in [2.45, 2.75) is 56.9 Å². The first kappa shape index (κ1) is 19.8. The fraction of sp³-hybridized carbons (Fsp3) is 0.522. The molecule has 6 nitrogen and oxygen atoms in total. The van der Waals surface area contributed by atoms with Gasteiger partial charge in [0.05, 0.1) is 18.3 Å². The molecule has 1 saturated carbocycles. The van der Waals surface area contributed by atoms with Crippen LogP contribution in [-0.2, 0) is 11.2 Å². The summed E-state index contributed by atoms with van der Waals surface area (Å²) < 4.78 is 0. The van der Waals surface area contributed by atoms with Crippen molar-refractivity contribution in [1.82, 2.24) is 20.2 Å². The maximum absolute atomic E-state index is 12.7. The predicted molar refractivity (Wildman–Crippen MR) is 113 cm³/mol. The number of hydrogen-bond acceptors (Lipinski definition) is 4. The van der Waals surface area contributed by atoms with Crippen molar-refractivity contribution in [2.24, 2.45) is 0 Å². The number of nitrogens with zero attached hydrogens (tertiary/aromatic N) is 2. The van der Waals surface area contributed by atoms with Crippen molar-refractivity contribution in [1.29, 1.82) is 0 Å². The molecule has 1 unspecified atom stereocenters. The molecule has 154 valence electrons. The summed E-state index contributed by atoms with van der Waals surface area (Å²) in [7, 11) is 0. The maximum atomic E-state index is 12.7. The Morgan fingerprint density at radius 2 is 1.90 bits per heavy atom. The zero-order valence-corrected chi connectivity index (χ0v) is 16.9. The highest BCUT2D eigenvalue weighted by atomic mass is 16.2. The monoisotopic (exact) mass is 394 g/mol. The lowest BCUT2D eigenvalue weighted by molar-refractivity contribution is -0.123. The average Bonchev–Trinajstić information content (AvgIpc) is 2.67. The summed E-state index contributed by atoms with van der Waals surface area (Å²) in [4.78, 5) is 34.8. The summed E-state index contributed by atoms with van der Waals surface area (Å²) in [5.74, 6) is 1.20. The van der Waals surface area contributed by atoms with Crippen molar-refractivity contribution in [2.75, 3.05) is 19.6 Å². The van der Waals surface area contributed by atoms with Crippen molar-refractivity contribution >= 4 is 5.91 Å². The highest BCUT2D eigenvalue weighted by Crippen LogP contribution is 2.34. The molecule has 1 aromatic carbocycles. The average molecular weight is 395 g/mol. The quantitative estimate of drug-likeness (QED) is 0.757. The number of carbonyl (C=O) groups excluding carboxylic acids is 1. The van der Waals surface area contributed by atoms with Crippen LogP contribution in [0.15, 0.2) is 41.2 Å². The first-order valence-corrected chi connectivity index (χ1v) is 10.8. The second kappa shape index (κ2) is 9.35. The smallest absolute Gasteiger partial charge is 0.251 e. The molecule has 0 radical (unpaired) electrons. The van der Waals surface area contributed by atoms with Crippen LogP contribution in [0.2, 0.25) is 0 Å². The van der Waals surface area contributed by atoms with Gasteiger partial charge in [0.25, 0.3) is 5.56 Å². The molecule has 2 aliphatic rings. The highest BCUT2D eigenvalue weighted by Gasteiger charge is 2.24. The maximum Gasteiger partial charge on any atom is 0.251 e. The summed E-state index contributed by atoms with van der Waals surface area (Å²) in [6, 6.07) is 11.3. The molecular weight excluding hydrogens is 364 g/mol. The molecule has 1 amide bonds. The standard InChI is InChI=1S/C23H30N4O2/c28-21-15-19(24-23(26-21)18-10-7-11-18)14-20(17-8-3-1-4-9-17)25-22(29)16-27-12-5-2-6-13-27/h1,3-4,8-9,15,18,20H,2,5-7,10-14,16H2,(H,25,29)(H,24,26,28). The summed E-state index contributed by atoms with van der Waals surface area (Å²) in [5, 5.41) is 3.19. The van der Waals surface area contributed by atoms with Gasteiger partial charge in [-0.05, 0) is 44.3 Å². The van der Waals surface area contributed by atoms with Crippen LogP contribution in [0.3, 0.4) is 0 Å². The van der Waals surface area contributed by atoms with Crippen LogP contribution in [0.4, 0.5) is 0 Å². The largest absolute Gasteiger partial charge is 0.348 e. The molecule has 1 atom stereocenters. The molecule has 6 heteroatoms. The van der Waals surface area contributed by atoms with Crippen LogP contribution < -0.4 is 10.9 Å². The van der Waals surface area contributed by atoms with E-state index in [0.717, 1.165) is 55.9 Å². The van der Waals surface area contributed by atoms with E-state index in [0.29, 0.717) is 18.9 Å². The van der Waals surface area contributed by atoms with Crippen LogP contribution in [0.25, 0.3) is 0 Å². The van der Waals surface area contributed by atoms with E-state index in [1.165, 1.54) is 12.8 Å². The van der Waals surface area contributed by atoms with E-state index in [9.17, 15) is 9.59 Å². The minimum absolute atomic E-state index is 0.0322. The van der Waals surface area contributed by atoms with Gasteiger partial charge in [0.2, 0.25) is 5.91 Å². The molecule has 29 heavy (non-hydrogen) atoms. The van der Waals surface area contributed by atoms with E-state index in [1.54, 1.807) is 6.07 Å². The van der Waals surface area contributed by atoms with Crippen LogP contribution in [0.5, 0.6) is 0 Å². The van der Waals surface area contributed by atoms with Crippen molar-refractivity contribution in [3.63, 3.8) is 0 Å². The second-order valence-electron chi connectivity index (χ2n) is 8.32. The molecule has 1 saturated heterocycles. The third-order valence-electron chi connectivity index (χ3n) is 6.07. The molecule has 1 aliphatic carbocycles. The van der Waals surface area contributed by atoms with Gasteiger partial charge in [-0.25, -0.2) is 4.98 Å². The van der Waals surface area contributed by atoms with Crippen molar-refractivity contribution in [3.8, 4) is 0 Å². The molecule has 2 heterocycles. The molecule has 1 aromatic heterocycles. The molecule has 1 aliphatic heterocycles. The number of aromatic amines is 1. The van der Waals surface area contributed by atoms with Crippen molar-refractivity contribution in [3.05, 3.63) is 63.8 Å². The Morgan fingerprint density at radius 1 is 1.14 bits per heavy atom. The third-order valence-corrected chi connectivity index (χ3v) is 6.07. The summed E-state index contributed by atoms with van der Waals surface area (Å²) in [6.45, 7) is 2.41. The number of piperidine rings is 1. The van der Waals surface area contributed by atoms with Crippen LogP contribution >= 0.6 is 0 Å². The van der Waals surface area contributed by atoms with Gasteiger partial charge in [0.1, 0.15) is 5.82 Å². The zero-order chi connectivity index (χ0) is 20.1. The Hall–Kier alpha value is -2.47. The minimum atomic E-state index is -0.197. The van der Waals surface area contributed by atoms with E-state index in [1.807, 2.05) is 30.3 Å². The number of carbonyl (C=O) groups is 1. The van der Waals surface area contributed by atoms with E-state index < -0.39 is 0 Å². The van der Waals surface area contributed by atoms with Gasteiger partial charge in [0, 0.05) is 18.4 Å². The fourth-order valence-corrected chi connectivity index (χ4v) is 4.22. The molecular formula is C23H30N4O2. The van der Waals surface area contributed by atoms with E-state index in [-0.39, 0.29) is 17.5 Å². The molecule has 0 bridgehead atoms. The second-order valence-corrected chi connectivity index (χ2v) is 8.32. The predicted octanol–water partition coefficient (Wildman–Crippen LogP) is 2.92. The number of rotatable bonds is 7. The summed E-state index contributed by atoms with van der Waals surface area (Å²) >= 11 is 0. The van der Waals surface area contributed by atoms with Gasteiger partial charge in [-0.15, -0.1) is 0 Å². The number of nitrogens with one attached hydrogen (secondary N) is 2. The van der Waals surface area contributed by atoms with Gasteiger partial charge in [-0.2, -0.15) is 0 Å². The Kier molecular flexibility index (Phi) is 6.39. The number of aromatic nitrogens is 2. The Labute approximate surface area is 171 Å². The Morgan fingerprint density at radius 3 is 2.59 bits per heavy atom. The van der Waals surface area contributed by atoms with Crippen LogP contribution in [-0.4, -0.2) is 40.4 Å². The number of likely N-dealkylation sites (tertiary alicyclic amines) is 1. The fourth-order valence-electron chi connectivity index (χ4n) is 4.22. The first-order valence-electron chi connectivity index (χ1n) is 10.8. The van der Waals surface area contributed by atoms with Gasteiger partial charge in [-0.3, -0.25) is 14.5 Å². The number of H-pyrrole nitrogens is 1. The Balaban J connectivity index is 1.49. The van der Waals surface area contributed by atoms with Gasteiger partial charge < -0.3 is 10.3 Å². The molecule has 2 N–H and O–H groups in total. The van der Waals surface area contributed by atoms with Crippen LogP contribution in [0.1, 0.15) is 67.6 Å². The normalized spacial score (nSPS) is 18.8. The van der Waals surface area contributed by atoms with Gasteiger partial charge >= 0.3 is 0 Å². The molecule has 0 spiro atoms. The summed E-state index contributed by atoms with van der Waals surface area (Å²) in [5.41, 5.74) is 1.66. The number of benzene rings is 1. The minimum Gasteiger partial charge on any atom is -0.348 e. The van der Waals surface area contributed by atoms with Crippen LogP contribution in [0, 0.1) is 0 Å². The third kappa shape index (κ3) is 5.32. The van der Waals surface area contributed by atoms with E-state index in [2.05, 4.69) is 15.2 Å². The Bertz CT molecular complexity index is 870. The van der Waals surface area contributed by atoms with Gasteiger partial charge in [0.15, 0.2) is 0 Å². The molecule has 2 aromatic rings. The SMILES string of the molecule is O=C(CN1CCCCC1)NC(Cc1cc(=O)[nH]c(C2CCC2)n1)c1ccccc1. The van der Waals surface area contributed by atoms with Crippen molar-refractivity contribution < 1.29 is 4.79 Å². The molecule has 4 rings (SSSR count). The number of hydrogen-bond donors (Lipinski definition) is 2. The van der Waals surface area contributed by atoms with E-state index >= 15 is 0 Å². The first-order chi connectivity index (χ1) is 14.2. The lowest BCUT2D eigenvalue weighted by Gasteiger charge is -2.27. The lowest BCUT2D eigenvalue weighted by atomic mass is 9.85. The highest BCUT2D eigenvalue weighted by molar-refractivity contribution is 5.78. The topological polar surface area (TPSA) is 78.1 Å². The lowest BCUT2D eigenvalue weighted by Crippen LogP contribution is -2.41. The number of amides is 1. The zero-order valence-electron chi connectivity index (χ0n) is 16.9. The molecule has 2 fully saturated rings. The summed E-state index contributed by atoms with van der Waals surface area (Å²) in [6.07, 6.45) is 7.45.